The molecular formula is C15H21ClN6O. The van der Waals surface area contributed by atoms with Crippen LogP contribution in [0.2, 0.25) is 5.02 Å². The van der Waals surface area contributed by atoms with E-state index in [1.807, 2.05) is 43.3 Å². The summed E-state index contributed by atoms with van der Waals surface area (Å²) in [6.45, 7) is 0.957. The zero-order valence-electron chi connectivity index (χ0n) is 13.5. The molecule has 0 aliphatic heterocycles. The molecule has 23 heavy (non-hydrogen) atoms. The normalized spacial score (nSPS) is 12.2. The number of hydrogen-bond donors (Lipinski definition) is 2. The lowest BCUT2D eigenvalue weighted by atomic mass is 10.1. The van der Waals surface area contributed by atoms with Crippen molar-refractivity contribution in [1.29, 1.82) is 0 Å². The molecule has 1 aromatic heterocycles. The van der Waals surface area contributed by atoms with Crippen LogP contribution in [-0.4, -0.2) is 46.3 Å². The Labute approximate surface area is 140 Å². The van der Waals surface area contributed by atoms with Gasteiger partial charge in [0.05, 0.1) is 12.6 Å². The second kappa shape index (κ2) is 7.94. The van der Waals surface area contributed by atoms with E-state index in [-0.39, 0.29) is 18.6 Å². The van der Waals surface area contributed by atoms with E-state index in [9.17, 15) is 4.79 Å². The van der Waals surface area contributed by atoms with Crippen molar-refractivity contribution in [2.45, 2.75) is 12.6 Å². The van der Waals surface area contributed by atoms with Crippen LogP contribution in [0.25, 0.3) is 0 Å². The van der Waals surface area contributed by atoms with Crippen molar-refractivity contribution in [1.82, 2.24) is 30.3 Å². The Morgan fingerprint density at radius 1 is 1.35 bits per heavy atom. The molecule has 0 saturated heterocycles. The highest BCUT2D eigenvalue weighted by Crippen LogP contribution is 2.17. The van der Waals surface area contributed by atoms with E-state index < -0.39 is 0 Å². The molecule has 1 aromatic carbocycles. The lowest BCUT2D eigenvalue weighted by Crippen LogP contribution is -2.41. The van der Waals surface area contributed by atoms with Crippen LogP contribution in [-0.2, 0) is 13.6 Å². The molecule has 2 N–H and O–H groups in total. The minimum atomic E-state index is -0.265. The van der Waals surface area contributed by atoms with Crippen LogP contribution in [0.1, 0.15) is 17.4 Å². The number of likely N-dealkylation sites (N-methyl/N-ethyl adjacent to an activating group) is 1. The zero-order valence-corrected chi connectivity index (χ0v) is 14.2. The fraction of sp³-hybridized carbons (Fsp3) is 0.400. The van der Waals surface area contributed by atoms with Crippen LogP contribution in [0.3, 0.4) is 0 Å². The Morgan fingerprint density at radius 2 is 2.04 bits per heavy atom. The van der Waals surface area contributed by atoms with Crippen LogP contribution < -0.4 is 10.6 Å². The monoisotopic (exact) mass is 336 g/mol. The third-order valence-corrected chi connectivity index (χ3v) is 3.43. The van der Waals surface area contributed by atoms with E-state index in [2.05, 4.69) is 20.7 Å². The van der Waals surface area contributed by atoms with Gasteiger partial charge in [0.15, 0.2) is 5.82 Å². The lowest BCUT2D eigenvalue weighted by molar-refractivity contribution is 0.232. The summed E-state index contributed by atoms with van der Waals surface area (Å²) in [6.07, 6.45) is 1.59. The fourth-order valence-electron chi connectivity index (χ4n) is 2.13. The Kier molecular flexibility index (Phi) is 5.95. The summed E-state index contributed by atoms with van der Waals surface area (Å²) in [5.41, 5.74) is 0.995. The number of aryl methyl sites for hydroxylation is 1. The molecular weight excluding hydrogens is 316 g/mol. The van der Waals surface area contributed by atoms with Crippen molar-refractivity contribution < 1.29 is 4.79 Å². The number of carbonyl (C=O) groups is 1. The van der Waals surface area contributed by atoms with Crippen molar-refractivity contribution >= 4 is 17.6 Å². The first-order chi connectivity index (χ1) is 10.9. The second-order valence-electron chi connectivity index (χ2n) is 5.53. The van der Waals surface area contributed by atoms with Gasteiger partial charge in [0.2, 0.25) is 0 Å². The molecule has 2 rings (SSSR count). The van der Waals surface area contributed by atoms with Crippen LogP contribution in [0.5, 0.6) is 0 Å². The van der Waals surface area contributed by atoms with Gasteiger partial charge in [-0.05, 0) is 31.8 Å². The maximum absolute atomic E-state index is 12.1. The third-order valence-electron chi connectivity index (χ3n) is 3.18. The first-order valence-corrected chi connectivity index (χ1v) is 7.61. The Hall–Kier alpha value is -2.12. The molecule has 7 nitrogen and oxygen atoms in total. The lowest BCUT2D eigenvalue weighted by Gasteiger charge is -2.23. The fourth-order valence-corrected chi connectivity index (χ4v) is 2.25. The molecule has 0 radical (unpaired) electrons. The average Bonchev–Trinajstić information content (AvgIpc) is 2.90. The third kappa shape index (κ3) is 5.54. The summed E-state index contributed by atoms with van der Waals surface area (Å²) in [5.74, 6) is 0.568. The van der Waals surface area contributed by atoms with Gasteiger partial charge in [-0.25, -0.2) is 9.78 Å². The zero-order chi connectivity index (χ0) is 16.8. The SMILES string of the molecule is CN(C)C[C@H](NC(=O)NCc1ncn(C)n1)c1ccc(Cl)cc1. The first kappa shape index (κ1) is 17.2. The van der Waals surface area contributed by atoms with Crippen molar-refractivity contribution in [3.05, 3.63) is 47.0 Å². The predicted molar refractivity (Wildman–Crippen MR) is 89.1 cm³/mol. The summed E-state index contributed by atoms with van der Waals surface area (Å²) in [6, 6.07) is 7.06. The van der Waals surface area contributed by atoms with Crippen LogP contribution in [0, 0.1) is 0 Å². The summed E-state index contributed by atoms with van der Waals surface area (Å²) >= 11 is 5.92. The number of carbonyl (C=O) groups excluding carboxylic acids is 1. The molecule has 0 unspecified atom stereocenters. The van der Waals surface area contributed by atoms with Crippen molar-refractivity contribution in [3.63, 3.8) is 0 Å². The van der Waals surface area contributed by atoms with Crippen LogP contribution >= 0.6 is 11.6 Å². The van der Waals surface area contributed by atoms with Crippen LogP contribution in [0.15, 0.2) is 30.6 Å². The molecule has 1 heterocycles. The Morgan fingerprint density at radius 3 is 2.61 bits per heavy atom. The van der Waals surface area contributed by atoms with Gasteiger partial charge >= 0.3 is 6.03 Å². The first-order valence-electron chi connectivity index (χ1n) is 7.23. The molecule has 0 saturated carbocycles. The standard InChI is InChI=1S/C15H21ClN6O/c1-21(2)9-13(11-4-6-12(16)7-5-11)19-15(23)17-8-14-18-10-22(3)20-14/h4-7,10,13H,8-9H2,1-3H3,(H2,17,19,23)/t13-/m0/s1. The number of aromatic nitrogens is 3. The number of rotatable bonds is 6. The minimum absolute atomic E-state index is 0.140. The number of hydrogen-bond acceptors (Lipinski definition) is 4. The van der Waals surface area contributed by atoms with E-state index in [4.69, 9.17) is 11.6 Å². The van der Waals surface area contributed by atoms with Gasteiger partial charge < -0.3 is 15.5 Å². The largest absolute Gasteiger partial charge is 0.331 e. The van der Waals surface area contributed by atoms with Gasteiger partial charge in [0.25, 0.3) is 0 Å². The molecule has 0 bridgehead atoms. The Balaban J connectivity index is 1.96. The average molecular weight is 337 g/mol. The summed E-state index contributed by atoms with van der Waals surface area (Å²) in [7, 11) is 5.70. The van der Waals surface area contributed by atoms with E-state index in [0.717, 1.165) is 5.56 Å². The maximum atomic E-state index is 12.1. The summed E-state index contributed by atoms with van der Waals surface area (Å²) < 4.78 is 1.59. The summed E-state index contributed by atoms with van der Waals surface area (Å²) in [5, 5.41) is 10.5. The number of amides is 2. The smallest absolute Gasteiger partial charge is 0.315 e. The van der Waals surface area contributed by atoms with E-state index >= 15 is 0 Å². The quantitative estimate of drug-likeness (QED) is 0.839. The number of benzene rings is 1. The molecule has 0 spiro atoms. The van der Waals surface area contributed by atoms with Gasteiger partial charge in [0, 0.05) is 18.6 Å². The summed E-state index contributed by atoms with van der Waals surface area (Å²) in [4.78, 5) is 18.2. The number of nitrogens with zero attached hydrogens (tertiary/aromatic N) is 4. The topological polar surface area (TPSA) is 75.1 Å². The van der Waals surface area contributed by atoms with Crippen molar-refractivity contribution in [2.75, 3.05) is 20.6 Å². The van der Waals surface area contributed by atoms with E-state index in [1.54, 1.807) is 18.1 Å². The van der Waals surface area contributed by atoms with Gasteiger partial charge in [-0.2, -0.15) is 5.10 Å². The number of urea groups is 1. The molecule has 0 aliphatic carbocycles. The number of halogens is 1. The van der Waals surface area contributed by atoms with Gasteiger partial charge in [-0.15, -0.1) is 0 Å². The van der Waals surface area contributed by atoms with Crippen molar-refractivity contribution in [3.8, 4) is 0 Å². The van der Waals surface area contributed by atoms with Gasteiger partial charge in [-0.1, -0.05) is 23.7 Å². The van der Waals surface area contributed by atoms with Crippen LogP contribution in [0.4, 0.5) is 4.79 Å². The van der Waals surface area contributed by atoms with Crippen molar-refractivity contribution in [2.24, 2.45) is 7.05 Å². The highest BCUT2D eigenvalue weighted by atomic mass is 35.5. The van der Waals surface area contributed by atoms with E-state index in [1.165, 1.54) is 0 Å². The van der Waals surface area contributed by atoms with Gasteiger partial charge in [-0.3, -0.25) is 4.68 Å². The molecule has 0 aliphatic rings. The van der Waals surface area contributed by atoms with E-state index in [0.29, 0.717) is 17.4 Å². The number of nitrogens with one attached hydrogen (secondary N) is 2. The molecule has 8 heteroatoms. The highest BCUT2D eigenvalue weighted by molar-refractivity contribution is 6.30. The molecule has 2 amide bonds. The highest BCUT2D eigenvalue weighted by Gasteiger charge is 2.15. The predicted octanol–water partition coefficient (Wildman–Crippen LogP) is 1.57. The maximum Gasteiger partial charge on any atom is 0.315 e. The molecule has 0 fully saturated rings. The Bertz CT molecular complexity index is 640. The minimum Gasteiger partial charge on any atom is -0.331 e. The second-order valence-corrected chi connectivity index (χ2v) is 5.96. The van der Waals surface area contributed by atoms with Gasteiger partial charge in [0.1, 0.15) is 6.33 Å². The molecule has 124 valence electrons. The molecule has 2 aromatic rings. The molecule has 1 atom stereocenters.